The molecule has 1 aromatic heterocycles. The number of thiophene rings is 1. The van der Waals surface area contributed by atoms with E-state index in [4.69, 9.17) is 5.73 Å². The van der Waals surface area contributed by atoms with E-state index in [1.54, 1.807) is 13.0 Å². The molecule has 0 fully saturated rings. The van der Waals surface area contributed by atoms with Crippen LogP contribution in [0.2, 0.25) is 0 Å². The van der Waals surface area contributed by atoms with Gasteiger partial charge >= 0.3 is 0 Å². The molecule has 0 unspecified atom stereocenters. The lowest BCUT2D eigenvalue weighted by Crippen LogP contribution is -2.14. The Hall–Kier alpha value is -1.60. The molecule has 0 aliphatic rings. The fourth-order valence-electron chi connectivity index (χ4n) is 1.70. The van der Waals surface area contributed by atoms with Crippen molar-refractivity contribution in [2.24, 2.45) is 0 Å². The number of hydrogen-bond acceptors (Lipinski definition) is 4. The highest BCUT2D eigenvalue weighted by atomic mass is 32.2. The third-order valence-electron chi connectivity index (χ3n) is 2.52. The predicted octanol–water partition coefficient (Wildman–Crippen LogP) is 2.89. The fraction of sp³-hybridized carbons (Fsp3) is 0.167. The topological polar surface area (TPSA) is 72.2 Å². The van der Waals surface area contributed by atoms with E-state index in [0.29, 0.717) is 4.88 Å². The molecule has 0 radical (unpaired) electrons. The molecule has 3 N–H and O–H groups in total. The maximum atomic E-state index is 13.5. The number of hydrogen-bond donors (Lipinski definition) is 2. The molecular formula is C12H13FN2O2S2. The first-order chi connectivity index (χ1) is 8.79. The Balaban J connectivity index is 2.42. The minimum absolute atomic E-state index is 0.150. The fourth-order valence-corrected chi connectivity index (χ4v) is 4.31. The van der Waals surface area contributed by atoms with E-state index in [1.807, 2.05) is 6.92 Å². The average Bonchev–Trinajstić information content (AvgIpc) is 2.63. The number of aryl methyl sites for hydroxylation is 2. The molecule has 4 nitrogen and oxygen atoms in total. The molecule has 0 spiro atoms. The van der Waals surface area contributed by atoms with Gasteiger partial charge < -0.3 is 5.73 Å². The van der Waals surface area contributed by atoms with Crippen molar-refractivity contribution >= 4 is 32.7 Å². The van der Waals surface area contributed by atoms with Crippen LogP contribution < -0.4 is 10.5 Å². The third-order valence-corrected chi connectivity index (χ3v) is 5.11. The molecule has 2 rings (SSSR count). The first kappa shape index (κ1) is 13.8. The van der Waals surface area contributed by atoms with E-state index in [-0.39, 0.29) is 16.3 Å². The van der Waals surface area contributed by atoms with E-state index >= 15 is 0 Å². The molecule has 0 bridgehead atoms. The lowest BCUT2D eigenvalue weighted by atomic mass is 10.3. The zero-order valence-electron chi connectivity index (χ0n) is 10.4. The number of nitrogens with two attached hydrogens (primary N) is 1. The Morgan fingerprint density at radius 1 is 1.26 bits per heavy atom. The lowest BCUT2D eigenvalue weighted by molar-refractivity contribution is 0.598. The van der Waals surface area contributed by atoms with Gasteiger partial charge in [0.1, 0.15) is 10.7 Å². The van der Waals surface area contributed by atoms with Crippen LogP contribution >= 0.6 is 11.3 Å². The van der Waals surface area contributed by atoms with Gasteiger partial charge in [-0.2, -0.15) is 0 Å². The van der Waals surface area contributed by atoms with Crippen LogP contribution in [0, 0.1) is 19.7 Å². The minimum Gasteiger partial charge on any atom is -0.399 e. The van der Waals surface area contributed by atoms with Gasteiger partial charge in [-0.3, -0.25) is 4.72 Å². The summed E-state index contributed by atoms with van der Waals surface area (Å²) in [6, 6.07) is 5.31. The smallest absolute Gasteiger partial charge is 0.263 e. The van der Waals surface area contributed by atoms with Crippen LogP contribution in [-0.4, -0.2) is 8.42 Å². The van der Waals surface area contributed by atoms with Gasteiger partial charge in [-0.25, -0.2) is 12.8 Å². The van der Waals surface area contributed by atoms with Crippen LogP contribution in [0.25, 0.3) is 0 Å². The summed E-state index contributed by atoms with van der Waals surface area (Å²) in [5, 5.41) is 0. The highest BCUT2D eigenvalue weighted by molar-refractivity contribution is 7.93. The van der Waals surface area contributed by atoms with Gasteiger partial charge in [0, 0.05) is 15.4 Å². The van der Waals surface area contributed by atoms with Crippen LogP contribution in [0.15, 0.2) is 29.2 Å². The molecule has 2 aromatic rings. The average molecular weight is 300 g/mol. The maximum absolute atomic E-state index is 13.5. The predicted molar refractivity (Wildman–Crippen MR) is 75.4 cm³/mol. The van der Waals surface area contributed by atoms with Crippen molar-refractivity contribution in [1.29, 1.82) is 0 Å². The number of rotatable bonds is 3. The normalized spacial score (nSPS) is 11.5. The van der Waals surface area contributed by atoms with Crippen LogP contribution in [0.4, 0.5) is 15.8 Å². The molecule has 0 amide bonds. The summed E-state index contributed by atoms with van der Waals surface area (Å²) in [5.41, 5.74) is 5.66. The number of nitrogen functional groups attached to an aromatic ring is 1. The molecular weight excluding hydrogens is 287 g/mol. The quantitative estimate of drug-likeness (QED) is 0.856. The third kappa shape index (κ3) is 2.87. The zero-order valence-corrected chi connectivity index (χ0v) is 12.0. The van der Waals surface area contributed by atoms with E-state index in [0.717, 1.165) is 10.9 Å². The Morgan fingerprint density at radius 3 is 2.53 bits per heavy atom. The monoisotopic (exact) mass is 300 g/mol. The van der Waals surface area contributed by atoms with Crippen molar-refractivity contribution in [2.45, 2.75) is 18.7 Å². The standard InChI is InChI=1S/C12H13FN2O2S2/c1-7-5-12(8(2)18-7)19(16,17)15-11-6-9(14)3-4-10(11)13/h3-6,15H,14H2,1-2H3. The Labute approximate surface area is 115 Å². The number of anilines is 2. The minimum atomic E-state index is -3.80. The second kappa shape index (κ2) is 4.82. The lowest BCUT2D eigenvalue weighted by Gasteiger charge is -2.09. The highest BCUT2D eigenvalue weighted by Gasteiger charge is 2.20. The first-order valence-corrected chi connectivity index (χ1v) is 7.74. The van der Waals surface area contributed by atoms with Crippen LogP contribution in [0.3, 0.4) is 0 Å². The Kier molecular flexibility index (Phi) is 3.51. The van der Waals surface area contributed by atoms with Crippen LogP contribution in [0.5, 0.6) is 0 Å². The second-order valence-electron chi connectivity index (χ2n) is 4.12. The maximum Gasteiger partial charge on any atom is 0.263 e. The van der Waals surface area contributed by atoms with Crippen LogP contribution in [-0.2, 0) is 10.0 Å². The summed E-state index contributed by atoms with van der Waals surface area (Å²) in [5.74, 6) is -0.664. The van der Waals surface area contributed by atoms with Gasteiger partial charge in [-0.15, -0.1) is 11.3 Å². The van der Waals surface area contributed by atoms with E-state index in [1.165, 1.54) is 23.5 Å². The van der Waals surface area contributed by atoms with Gasteiger partial charge in [0.15, 0.2) is 0 Å². The number of halogens is 1. The molecule has 0 saturated heterocycles. The van der Waals surface area contributed by atoms with Gasteiger partial charge in [0.25, 0.3) is 10.0 Å². The molecule has 1 aromatic carbocycles. The SMILES string of the molecule is Cc1cc(S(=O)(=O)Nc2cc(N)ccc2F)c(C)s1. The first-order valence-electron chi connectivity index (χ1n) is 5.44. The van der Waals surface area contributed by atoms with E-state index in [2.05, 4.69) is 4.72 Å². The largest absolute Gasteiger partial charge is 0.399 e. The summed E-state index contributed by atoms with van der Waals surface area (Å²) >= 11 is 1.38. The highest BCUT2D eigenvalue weighted by Crippen LogP contribution is 2.28. The summed E-state index contributed by atoms with van der Waals surface area (Å²) in [6.07, 6.45) is 0. The van der Waals surface area contributed by atoms with Gasteiger partial charge in [-0.05, 0) is 38.1 Å². The molecule has 7 heteroatoms. The Bertz CT molecular complexity index is 723. The van der Waals surface area contributed by atoms with Gasteiger partial charge in [-0.1, -0.05) is 0 Å². The molecule has 0 atom stereocenters. The molecule has 19 heavy (non-hydrogen) atoms. The zero-order chi connectivity index (χ0) is 14.2. The summed E-state index contributed by atoms with van der Waals surface area (Å²) in [7, 11) is -3.80. The number of sulfonamides is 1. The van der Waals surface area contributed by atoms with Crippen molar-refractivity contribution in [3.05, 3.63) is 39.8 Å². The molecule has 1 heterocycles. The Morgan fingerprint density at radius 2 is 1.95 bits per heavy atom. The van der Waals surface area contributed by atoms with Crippen molar-refractivity contribution in [1.82, 2.24) is 0 Å². The molecule has 0 aliphatic carbocycles. The molecule has 0 aliphatic heterocycles. The van der Waals surface area contributed by atoms with Crippen LogP contribution in [0.1, 0.15) is 9.75 Å². The summed E-state index contributed by atoms with van der Waals surface area (Å²) < 4.78 is 40.1. The summed E-state index contributed by atoms with van der Waals surface area (Å²) in [6.45, 7) is 3.53. The second-order valence-corrected chi connectivity index (χ2v) is 7.23. The number of benzene rings is 1. The summed E-state index contributed by atoms with van der Waals surface area (Å²) in [4.78, 5) is 1.71. The van der Waals surface area contributed by atoms with Crippen molar-refractivity contribution in [3.63, 3.8) is 0 Å². The van der Waals surface area contributed by atoms with Crippen molar-refractivity contribution < 1.29 is 12.8 Å². The van der Waals surface area contributed by atoms with E-state index in [9.17, 15) is 12.8 Å². The van der Waals surface area contributed by atoms with Crippen molar-refractivity contribution in [3.8, 4) is 0 Å². The van der Waals surface area contributed by atoms with E-state index < -0.39 is 15.8 Å². The molecule has 0 saturated carbocycles. The van der Waals surface area contributed by atoms with Crippen molar-refractivity contribution in [2.75, 3.05) is 10.5 Å². The van der Waals surface area contributed by atoms with Gasteiger partial charge in [0.2, 0.25) is 0 Å². The number of nitrogens with one attached hydrogen (secondary N) is 1. The molecule has 102 valence electrons. The van der Waals surface area contributed by atoms with Gasteiger partial charge in [0.05, 0.1) is 5.69 Å².